The monoisotopic (exact) mass is 297 g/mol. The summed E-state index contributed by atoms with van der Waals surface area (Å²) in [4.78, 5) is 11.7. The van der Waals surface area contributed by atoms with Crippen LogP contribution < -0.4 is 5.32 Å². The van der Waals surface area contributed by atoms with Crippen molar-refractivity contribution in [3.05, 3.63) is 35.4 Å². The maximum Gasteiger partial charge on any atom is 0.225 e. The topological polar surface area (TPSA) is 38.3 Å². The Kier molecular flexibility index (Phi) is 4.57. The molecule has 0 aromatic heterocycles. The number of benzene rings is 1. The SMILES string of the molecule is O=C(NCc1ccc(CBr)cc1)C1CCOC1. The second-order valence-corrected chi connectivity index (χ2v) is 4.79. The highest BCUT2D eigenvalue weighted by atomic mass is 79.9. The molecule has 17 heavy (non-hydrogen) atoms. The lowest BCUT2D eigenvalue weighted by molar-refractivity contribution is -0.125. The van der Waals surface area contributed by atoms with Gasteiger partial charge in [0.2, 0.25) is 5.91 Å². The fourth-order valence-corrected chi connectivity index (χ4v) is 2.19. The fourth-order valence-electron chi connectivity index (χ4n) is 1.82. The first-order chi connectivity index (χ1) is 8.29. The molecule has 1 aromatic carbocycles. The number of ether oxygens (including phenoxy) is 1. The Morgan fingerprint density at radius 1 is 1.35 bits per heavy atom. The van der Waals surface area contributed by atoms with Crippen LogP contribution in [0.3, 0.4) is 0 Å². The third-order valence-electron chi connectivity index (χ3n) is 2.94. The molecule has 0 aliphatic carbocycles. The van der Waals surface area contributed by atoms with Gasteiger partial charge in [0.05, 0.1) is 12.5 Å². The molecule has 92 valence electrons. The van der Waals surface area contributed by atoms with Crippen LogP contribution in [0.4, 0.5) is 0 Å². The molecule has 1 unspecified atom stereocenters. The molecule has 1 heterocycles. The summed E-state index contributed by atoms with van der Waals surface area (Å²) < 4.78 is 5.19. The molecule has 0 radical (unpaired) electrons. The Hall–Kier alpha value is -0.870. The first-order valence-electron chi connectivity index (χ1n) is 5.79. The minimum Gasteiger partial charge on any atom is -0.381 e. The number of hydrogen-bond donors (Lipinski definition) is 1. The Morgan fingerprint density at radius 2 is 2.06 bits per heavy atom. The second kappa shape index (κ2) is 6.17. The average Bonchev–Trinajstić information content (AvgIpc) is 2.90. The van der Waals surface area contributed by atoms with Crippen molar-refractivity contribution in [2.24, 2.45) is 5.92 Å². The lowest BCUT2D eigenvalue weighted by atomic mass is 10.1. The van der Waals surface area contributed by atoms with Crippen LogP contribution in [0.5, 0.6) is 0 Å². The molecule has 2 rings (SSSR count). The lowest BCUT2D eigenvalue weighted by Gasteiger charge is -2.09. The summed E-state index contributed by atoms with van der Waals surface area (Å²) in [6, 6.07) is 8.22. The second-order valence-electron chi connectivity index (χ2n) is 4.23. The number of amides is 1. The quantitative estimate of drug-likeness (QED) is 0.866. The number of hydrogen-bond acceptors (Lipinski definition) is 2. The first kappa shape index (κ1) is 12.6. The van der Waals surface area contributed by atoms with E-state index >= 15 is 0 Å². The summed E-state index contributed by atoms with van der Waals surface area (Å²) in [7, 11) is 0. The van der Waals surface area contributed by atoms with Crippen LogP contribution in [-0.2, 0) is 21.4 Å². The van der Waals surface area contributed by atoms with Crippen molar-refractivity contribution in [1.29, 1.82) is 0 Å². The number of carbonyl (C=O) groups excluding carboxylic acids is 1. The minimum atomic E-state index is 0.0387. The van der Waals surface area contributed by atoms with Crippen LogP contribution >= 0.6 is 15.9 Å². The van der Waals surface area contributed by atoms with E-state index in [0.29, 0.717) is 19.8 Å². The number of carbonyl (C=O) groups is 1. The Labute approximate surface area is 110 Å². The molecule has 3 nitrogen and oxygen atoms in total. The fraction of sp³-hybridized carbons (Fsp3) is 0.462. The van der Waals surface area contributed by atoms with Crippen molar-refractivity contribution < 1.29 is 9.53 Å². The van der Waals surface area contributed by atoms with Gasteiger partial charge in [-0.1, -0.05) is 40.2 Å². The number of nitrogens with one attached hydrogen (secondary N) is 1. The molecule has 0 saturated carbocycles. The van der Waals surface area contributed by atoms with Gasteiger partial charge >= 0.3 is 0 Å². The van der Waals surface area contributed by atoms with E-state index in [1.807, 2.05) is 12.1 Å². The Balaban J connectivity index is 1.82. The van der Waals surface area contributed by atoms with Gasteiger partial charge in [0.1, 0.15) is 0 Å². The van der Waals surface area contributed by atoms with Crippen molar-refractivity contribution >= 4 is 21.8 Å². The highest BCUT2D eigenvalue weighted by Crippen LogP contribution is 2.13. The van der Waals surface area contributed by atoms with Crippen molar-refractivity contribution in [2.45, 2.75) is 18.3 Å². The molecule has 1 saturated heterocycles. The molecule has 0 bridgehead atoms. The van der Waals surface area contributed by atoms with Crippen molar-refractivity contribution in [3.8, 4) is 0 Å². The van der Waals surface area contributed by atoms with Gasteiger partial charge in [-0.05, 0) is 17.5 Å². The van der Waals surface area contributed by atoms with Gasteiger partial charge < -0.3 is 10.1 Å². The highest BCUT2D eigenvalue weighted by Gasteiger charge is 2.22. The van der Waals surface area contributed by atoms with Crippen molar-refractivity contribution in [1.82, 2.24) is 5.32 Å². The predicted molar refractivity (Wildman–Crippen MR) is 69.8 cm³/mol. The Bertz CT molecular complexity index is 372. The van der Waals surface area contributed by atoms with Gasteiger partial charge in [-0.15, -0.1) is 0 Å². The largest absolute Gasteiger partial charge is 0.381 e. The number of halogens is 1. The summed E-state index contributed by atoms with van der Waals surface area (Å²) in [5.41, 5.74) is 2.37. The van der Waals surface area contributed by atoms with Crippen LogP contribution in [0.15, 0.2) is 24.3 Å². The van der Waals surface area contributed by atoms with Gasteiger partial charge in [0.15, 0.2) is 0 Å². The molecule has 1 amide bonds. The van der Waals surface area contributed by atoms with Gasteiger partial charge in [-0.25, -0.2) is 0 Å². The normalized spacial score (nSPS) is 19.2. The van der Waals surface area contributed by atoms with Gasteiger partial charge in [-0.2, -0.15) is 0 Å². The number of alkyl halides is 1. The van der Waals surface area contributed by atoms with E-state index in [-0.39, 0.29) is 11.8 Å². The van der Waals surface area contributed by atoms with Crippen molar-refractivity contribution in [3.63, 3.8) is 0 Å². The summed E-state index contributed by atoms with van der Waals surface area (Å²) >= 11 is 3.41. The maximum atomic E-state index is 11.7. The molecular formula is C13H16BrNO2. The zero-order valence-corrected chi connectivity index (χ0v) is 11.2. The van der Waals surface area contributed by atoms with E-state index in [1.165, 1.54) is 5.56 Å². The first-order valence-corrected chi connectivity index (χ1v) is 6.91. The molecule has 1 fully saturated rings. The molecule has 1 aliphatic rings. The van der Waals surface area contributed by atoms with Gasteiger partial charge in [0, 0.05) is 18.5 Å². The van der Waals surface area contributed by atoms with Gasteiger partial charge in [0.25, 0.3) is 0 Å². The molecule has 4 heteroatoms. The van der Waals surface area contributed by atoms with E-state index in [4.69, 9.17) is 4.74 Å². The van der Waals surface area contributed by atoms with Crippen LogP contribution in [0.2, 0.25) is 0 Å². The van der Waals surface area contributed by atoms with Crippen molar-refractivity contribution in [2.75, 3.05) is 13.2 Å². The summed E-state index contributed by atoms with van der Waals surface area (Å²) in [6.45, 7) is 1.87. The van der Waals surface area contributed by atoms with E-state index in [0.717, 1.165) is 17.3 Å². The van der Waals surface area contributed by atoms with Crippen LogP contribution in [0, 0.1) is 5.92 Å². The highest BCUT2D eigenvalue weighted by molar-refractivity contribution is 9.08. The smallest absolute Gasteiger partial charge is 0.225 e. The molecule has 1 aromatic rings. The summed E-state index contributed by atoms with van der Waals surface area (Å²) in [5.74, 6) is 0.142. The minimum absolute atomic E-state index is 0.0387. The number of rotatable bonds is 4. The maximum absolute atomic E-state index is 11.7. The third-order valence-corrected chi connectivity index (χ3v) is 3.59. The zero-order chi connectivity index (χ0) is 12.1. The van der Waals surface area contributed by atoms with Crippen LogP contribution in [-0.4, -0.2) is 19.1 Å². The molecule has 1 aliphatic heterocycles. The average molecular weight is 298 g/mol. The molecule has 1 atom stereocenters. The van der Waals surface area contributed by atoms with E-state index in [1.54, 1.807) is 0 Å². The van der Waals surface area contributed by atoms with E-state index < -0.39 is 0 Å². The standard InChI is InChI=1S/C13H16BrNO2/c14-7-10-1-3-11(4-2-10)8-15-13(16)12-5-6-17-9-12/h1-4,12H,5-9H2,(H,15,16). The van der Waals surface area contributed by atoms with E-state index in [9.17, 15) is 4.79 Å². The molecular weight excluding hydrogens is 282 g/mol. The predicted octanol–water partition coefficient (Wildman–Crippen LogP) is 2.23. The third kappa shape index (κ3) is 3.54. The summed E-state index contributed by atoms with van der Waals surface area (Å²) in [5, 5.41) is 3.81. The van der Waals surface area contributed by atoms with E-state index in [2.05, 4.69) is 33.4 Å². The molecule has 0 spiro atoms. The van der Waals surface area contributed by atoms with Crippen LogP contribution in [0.25, 0.3) is 0 Å². The summed E-state index contributed by atoms with van der Waals surface area (Å²) in [6.07, 6.45) is 0.842. The zero-order valence-electron chi connectivity index (χ0n) is 9.62. The van der Waals surface area contributed by atoms with Crippen LogP contribution in [0.1, 0.15) is 17.5 Å². The Morgan fingerprint density at radius 3 is 2.65 bits per heavy atom. The van der Waals surface area contributed by atoms with Gasteiger partial charge in [-0.3, -0.25) is 4.79 Å². The molecule has 1 N–H and O–H groups in total. The lowest BCUT2D eigenvalue weighted by Crippen LogP contribution is -2.30.